The number of benzene rings is 2. The first kappa shape index (κ1) is 20.9. The zero-order valence-corrected chi connectivity index (χ0v) is 18.7. The van der Waals surface area contributed by atoms with Gasteiger partial charge in [0.05, 0.1) is 21.6 Å². The number of aryl methyl sites for hydroxylation is 2. The highest BCUT2D eigenvalue weighted by Gasteiger charge is 2.44. The molecule has 3 aromatic rings. The number of hydrogen-bond acceptors (Lipinski definition) is 3. The summed E-state index contributed by atoms with van der Waals surface area (Å²) in [7, 11) is 1.94. The largest absolute Gasteiger partial charge is 0.349 e. The number of nitrogens with one attached hydrogen (secondary N) is 1. The fourth-order valence-electron chi connectivity index (χ4n) is 5.15. The van der Waals surface area contributed by atoms with Gasteiger partial charge in [0, 0.05) is 37.7 Å². The van der Waals surface area contributed by atoms with Crippen LogP contribution in [0.3, 0.4) is 0 Å². The van der Waals surface area contributed by atoms with Gasteiger partial charge in [-0.15, -0.1) is 0 Å². The van der Waals surface area contributed by atoms with Gasteiger partial charge in [0.25, 0.3) is 11.8 Å². The van der Waals surface area contributed by atoms with Crippen molar-refractivity contribution in [3.63, 3.8) is 0 Å². The number of carbonyl (C=O) groups is 2. The summed E-state index contributed by atoms with van der Waals surface area (Å²) in [6.45, 7) is 3.21. The molecule has 8 heteroatoms. The second kappa shape index (κ2) is 7.89. The van der Waals surface area contributed by atoms with Crippen molar-refractivity contribution < 1.29 is 14.0 Å². The lowest BCUT2D eigenvalue weighted by atomic mass is 9.97. The van der Waals surface area contributed by atoms with Crippen LogP contribution in [-0.2, 0) is 7.05 Å². The van der Waals surface area contributed by atoms with Crippen molar-refractivity contribution in [2.24, 2.45) is 18.9 Å². The molecule has 0 radical (unpaired) electrons. The normalized spacial score (nSPS) is 22.4. The zero-order valence-electron chi connectivity index (χ0n) is 17.9. The number of imidazole rings is 1. The monoisotopic (exact) mass is 454 g/mol. The lowest BCUT2D eigenvalue weighted by Crippen LogP contribution is -2.40. The van der Waals surface area contributed by atoms with Crippen LogP contribution in [-0.4, -0.2) is 45.4 Å². The predicted molar refractivity (Wildman–Crippen MR) is 120 cm³/mol. The second-order valence-corrected chi connectivity index (χ2v) is 9.24. The van der Waals surface area contributed by atoms with Crippen LogP contribution in [0.5, 0.6) is 0 Å². The Labute approximate surface area is 190 Å². The summed E-state index contributed by atoms with van der Waals surface area (Å²) >= 11 is 6.09. The third-order valence-corrected chi connectivity index (χ3v) is 7.31. The lowest BCUT2D eigenvalue weighted by molar-refractivity contribution is 0.0778. The molecule has 2 fully saturated rings. The van der Waals surface area contributed by atoms with E-state index in [-0.39, 0.29) is 34.4 Å². The Morgan fingerprint density at radius 1 is 1.16 bits per heavy atom. The molecule has 2 amide bonds. The van der Waals surface area contributed by atoms with Gasteiger partial charge in [-0.3, -0.25) is 9.59 Å². The number of aromatic nitrogens is 2. The molecular formula is C24H24ClFN4O2. The second-order valence-electron chi connectivity index (χ2n) is 8.84. The summed E-state index contributed by atoms with van der Waals surface area (Å²) in [6, 6.07) is 9.33. The first-order chi connectivity index (χ1) is 15.3. The van der Waals surface area contributed by atoms with E-state index in [1.54, 1.807) is 0 Å². The van der Waals surface area contributed by atoms with Gasteiger partial charge >= 0.3 is 0 Å². The molecule has 1 N–H and O–H groups in total. The molecule has 32 heavy (non-hydrogen) atoms. The molecule has 2 aliphatic rings. The van der Waals surface area contributed by atoms with Gasteiger partial charge in [0.2, 0.25) is 0 Å². The molecule has 0 bridgehead atoms. The van der Waals surface area contributed by atoms with Crippen LogP contribution in [0, 0.1) is 24.6 Å². The first-order valence-electron chi connectivity index (χ1n) is 10.8. The highest BCUT2D eigenvalue weighted by Crippen LogP contribution is 2.39. The zero-order chi connectivity index (χ0) is 22.6. The smallest absolute Gasteiger partial charge is 0.253 e. The van der Waals surface area contributed by atoms with Crippen LogP contribution in [0.4, 0.5) is 4.39 Å². The summed E-state index contributed by atoms with van der Waals surface area (Å²) in [6.07, 6.45) is 1.78. The molecule has 2 aromatic carbocycles. The maximum Gasteiger partial charge on any atom is 0.253 e. The quantitative estimate of drug-likeness (QED) is 0.651. The minimum Gasteiger partial charge on any atom is -0.349 e. The Morgan fingerprint density at radius 3 is 2.78 bits per heavy atom. The summed E-state index contributed by atoms with van der Waals surface area (Å²) in [5, 5.41) is 3.25. The van der Waals surface area contributed by atoms with Crippen LogP contribution >= 0.6 is 11.6 Å². The highest BCUT2D eigenvalue weighted by molar-refractivity contribution is 6.33. The Bertz CT molecular complexity index is 1240. The third-order valence-electron chi connectivity index (χ3n) is 6.99. The fraction of sp³-hybridized carbons (Fsp3) is 0.375. The standard InChI is InChI=1S/C24H24ClFN4O2/c1-13-27-21-8-3-14(9-22(21)29(13)2)24(32)30-11-15-4-7-20(18(15)12-30)28-23(31)17-10-16(26)5-6-19(17)25/h3,5-6,8-10,15,18,20H,4,7,11-12H2,1-2H3,(H,28,31). The topological polar surface area (TPSA) is 67.2 Å². The molecule has 1 saturated heterocycles. The molecule has 6 nitrogen and oxygen atoms in total. The van der Waals surface area contributed by atoms with Gasteiger partial charge < -0.3 is 14.8 Å². The molecule has 1 aromatic heterocycles. The molecule has 5 rings (SSSR count). The molecule has 166 valence electrons. The fourth-order valence-corrected chi connectivity index (χ4v) is 5.36. The Hall–Kier alpha value is -2.93. The average molecular weight is 455 g/mol. The Morgan fingerprint density at radius 2 is 1.97 bits per heavy atom. The van der Waals surface area contributed by atoms with Crippen molar-refractivity contribution in [2.45, 2.75) is 25.8 Å². The number of amides is 2. The number of rotatable bonds is 3. The van der Waals surface area contributed by atoms with Crippen molar-refractivity contribution >= 4 is 34.4 Å². The van der Waals surface area contributed by atoms with Crippen molar-refractivity contribution in [2.75, 3.05) is 13.1 Å². The van der Waals surface area contributed by atoms with Crippen molar-refractivity contribution in [1.29, 1.82) is 0 Å². The maximum absolute atomic E-state index is 13.6. The lowest BCUT2D eigenvalue weighted by Gasteiger charge is -2.22. The van der Waals surface area contributed by atoms with E-state index in [4.69, 9.17) is 11.6 Å². The van der Waals surface area contributed by atoms with Crippen molar-refractivity contribution in [3.8, 4) is 0 Å². The third kappa shape index (κ3) is 3.54. The van der Waals surface area contributed by atoms with Crippen molar-refractivity contribution in [3.05, 3.63) is 64.2 Å². The van der Waals surface area contributed by atoms with Gasteiger partial charge in [0.15, 0.2) is 0 Å². The summed E-state index contributed by atoms with van der Waals surface area (Å²) < 4.78 is 15.6. The number of hydrogen-bond donors (Lipinski definition) is 1. The summed E-state index contributed by atoms with van der Waals surface area (Å²) in [4.78, 5) is 32.3. The number of likely N-dealkylation sites (tertiary alicyclic amines) is 1. The number of nitrogens with zero attached hydrogens (tertiary/aromatic N) is 3. The van der Waals surface area contributed by atoms with E-state index in [0.29, 0.717) is 24.6 Å². The number of carbonyl (C=O) groups excluding carboxylic acids is 2. The molecule has 1 saturated carbocycles. The van der Waals surface area contributed by atoms with Gasteiger partial charge in [-0.05, 0) is 62.1 Å². The van der Waals surface area contributed by atoms with Gasteiger partial charge in [-0.2, -0.15) is 0 Å². The van der Waals surface area contributed by atoms with Crippen LogP contribution in [0.2, 0.25) is 5.02 Å². The Balaban J connectivity index is 1.30. The minimum absolute atomic E-state index is 0.00148. The molecule has 1 aliphatic carbocycles. The van der Waals surface area contributed by atoms with E-state index in [1.165, 1.54) is 12.1 Å². The molecular weight excluding hydrogens is 431 g/mol. The molecule has 3 unspecified atom stereocenters. The summed E-state index contributed by atoms with van der Waals surface area (Å²) in [5.74, 6) is 0.549. The van der Waals surface area contributed by atoms with Crippen LogP contribution in [0.15, 0.2) is 36.4 Å². The molecule has 0 spiro atoms. The molecule has 3 atom stereocenters. The Kier molecular flexibility index (Phi) is 5.16. The minimum atomic E-state index is -0.498. The number of halogens is 2. The first-order valence-corrected chi connectivity index (χ1v) is 11.2. The van der Waals surface area contributed by atoms with Gasteiger partial charge in [0.1, 0.15) is 11.6 Å². The van der Waals surface area contributed by atoms with Gasteiger partial charge in [-0.25, -0.2) is 9.37 Å². The molecule has 1 aliphatic heterocycles. The SMILES string of the molecule is Cc1nc2ccc(C(=O)N3CC4CCC(NC(=O)c5cc(F)ccc5Cl)C4C3)cc2n1C. The average Bonchev–Trinajstić information content (AvgIpc) is 3.44. The van der Waals surface area contributed by atoms with Gasteiger partial charge in [-0.1, -0.05) is 11.6 Å². The molecule has 2 heterocycles. The predicted octanol–water partition coefficient (Wildman–Crippen LogP) is 3.95. The van der Waals surface area contributed by atoms with Crippen LogP contribution in [0.25, 0.3) is 11.0 Å². The van der Waals surface area contributed by atoms with Crippen molar-refractivity contribution in [1.82, 2.24) is 19.8 Å². The van der Waals surface area contributed by atoms with E-state index in [2.05, 4.69) is 10.3 Å². The number of fused-ring (bicyclic) bond motifs is 2. The van der Waals surface area contributed by atoms with E-state index in [9.17, 15) is 14.0 Å². The van der Waals surface area contributed by atoms with Crippen LogP contribution < -0.4 is 5.32 Å². The highest BCUT2D eigenvalue weighted by atomic mass is 35.5. The van der Waals surface area contributed by atoms with E-state index in [1.807, 2.05) is 41.6 Å². The summed E-state index contributed by atoms with van der Waals surface area (Å²) in [5.41, 5.74) is 2.59. The maximum atomic E-state index is 13.6. The van der Waals surface area contributed by atoms with Crippen LogP contribution in [0.1, 0.15) is 39.4 Å². The van der Waals surface area contributed by atoms with E-state index < -0.39 is 5.82 Å². The van der Waals surface area contributed by atoms with E-state index >= 15 is 0 Å². The van der Waals surface area contributed by atoms with E-state index in [0.717, 1.165) is 35.8 Å².